The minimum absolute atomic E-state index is 0.174. The van der Waals surface area contributed by atoms with Crippen molar-refractivity contribution in [1.82, 2.24) is 0 Å². The van der Waals surface area contributed by atoms with Gasteiger partial charge in [0.05, 0.1) is 10.7 Å². The Morgan fingerprint density at radius 1 is 1.33 bits per heavy atom. The van der Waals surface area contributed by atoms with Crippen LogP contribution in [0.3, 0.4) is 0 Å². The molecule has 0 heterocycles. The van der Waals surface area contributed by atoms with Crippen LogP contribution in [0, 0.1) is 0 Å². The smallest absolute Gasteiger partial charge is 0.163 e. The highest BCUT2D eigenvalue weighted by Gasteiger charge is 2.20. The summed E-state index contributed by atoms with van der Waals surface area (Å²) in [7, 11) is 0. The number of benzene rings is 1. The molecule has 2 N–H and O–H groups in total. The third-order valence-corrected chi connectivity index (χ3v) is 2.47. The second-order valence-corrected chi connectivity index (χ2v) is 3.36. The Morgan fingerprint density at radius 3 is 2.83 bits per heavy atom. The van der Waals surface area contributed by atoms with Gasteiger partial charge in [-0.25, -0.2) is 0 Å². The van der Waals surface area contributed by atoms with Gasteiger partial charge in [-0.05, 0) is 24.1 Å². The van der Waals surface area contributed by atoms with Crippen molar-refractivity contribution in [3.63, 3.8) is 0 Å². The van der Waals surface area contributed by atoms with Crippen LogP contribution in [0.15, 0.2) is 12.1 Å². The Morgan fingerprint density at radius 2 is 2.08 bits per heavy atom. The second kappa shape index (κ2) is 2.49. The van der Waals surface area contributed by atoms with Gasteiger partial charge in [0.15, 0.2) is 5.78 Å². The maximum atomic E-state index is 11.2. The lowest BCUT2D eigenvalue weighted by molar-refractivity contribution is 0.0994. The summed E-state index contributed by atoms with van der Waals surface area (Å²) in [5.74, 6) is 0.174. The molecule has 0 amide bonds. The largest absolute Gasteiger partial charge is 0.398 e. The molecule has 62 valence electrons. The topological polar surface area (TPSA) is 43.1 Å². The van der Waals surface area contributed by atoms with E-state index in [2.05, 4.69) is 0 Å². The number of nitrogens with two attached hydrogens (primary N) is 1. The molecule has 0 spiro atoms. The maximum absolute atomic E-state index is 11.2. The number of nitrogen functional groups attached to an aromatic ring is 1. The molecule has 0 atom stereocenters. The number of halogens is 1. The van der Waals surface area contributed by atoms with E-state index in [1.54, 1.807) is 12.1 Å². The number of ketones is 1. The van der Waals surface area contributed by atoms with E-state index in [9.17, 15) is 4.79 Å². The normalized spacial score (nSPS) is 14.9. The van der Waals surface area contributed by atoms with Gasteiger partial charge in [0, 0.05) is 12.0 Å². The fraction of sp³-hybridized carbons (Fsp3) is 0.222. The molecule has 2 nitrogen and oxygen atoms in total. The molecule has 0 aliphatic heterocycles. The van der Waals surface area contributed by atoms with Gasteiger partial charge in [0.1, 0.15) is 0 Å². The maximum Gasteiger partial charge on any atom is 0.163 e. The first-order valence-corrected chi connectivity index (χ1v) is 4.17. The molecule has 12 heavy (non-hydrogen) atoms. The predicted molar refractivity (Wildman–Crippen MR) is 48.5 cm³/mol. The first kappa shape index (κ1) is 7.62. The van der Waals surface area contributed by atoms with Gasteiger partial charge in [-0.3, -0.25) is 4.79 Å². The van der Waals surface area contributed by atoms with Gasteiger partial charge in [-0.15, -0.1) is 0 Å². The van der Waals surface area contributed by atoms with Crippen LogP contribution < -0.4 is 5.73 Å². The monoisotopic (exact) mass is 181 g/mol. The molecule has 0 bridgehead atoms. The number of hydrogen-bond acceptors (Lipinski definition) is 2. The fourth-order valence-corrected chi connectivity index (χ4v) is 1.67. The summed E-state index contributed by atoms with van der Waals surface area (Å²) < 4.78 is 0. The van der Waals surface area contributed by atoms with Crippen LogP contribution in [-0.4, -0.2) is 5.78 Å². The van der Waals surface area contributed by atoms with E-state index in [1.165, 1.54) is 0 Å². The van der Waals surface area contributed by atoms with Gasteiger partial charge >= 0.3 is 0 Å². The van der Waals surface area contributed by atoms with Gasteiger partial charge < -0.3 is 5.73 Å². The van der Waals surface area contributed by atoms with E-state index in [0.29, 0.717) is 17.1 Å². The van der Waals surface area contributed by atoms with Gasteiger partial charge in [-0.1, -0.05) is 11.6 Å². The number of fused-ring (bicyclic) bond motifs is 1. The molecule has 1 aliphatic carbocycles. The molecule has 0 saturated heterocycles. The third kappa shape index (κ3) is 0.994. The highest BCUT2D eigenvalue weighted by Crippen LogP contribution is 2.29. The standard InChI is InChI=1S/C9H8ClNO/c10-7-3-5-1-2-9(12)6(5)4-8(7)11/h3-4H,1-2,11H2. The number of carbonyl (C=O) groups excluding carboxylic acids is 1. The van der Waals surface area contributed by atoms with Crippen molar-refractivity contribution in [2.75, 3.05) is 5.73 Å². The summed E-state index contributed by atoms with van der Waals surface area (Å²) in [6.07, 6.45) is 1.39. The molecule has 0 fully saturated rings. The molecule has 0 unspecified atom stereocenters. The van der Waals surface area contributed by atoms with Crippen molar-refractivity contribution in [2.45, 2.75) is 12.8 Å². The molecule has 0 saturated carbocycles. The van der Waals surface area contributed by atoms with Crippen molar-refractivity contribution in [1.29, 1.82) is 0 Å². The molecular weight excluding hydrogens is 174 g/mol. The van der Waals surface area contributed by atoms with Gasteiger partial charge in [0.25, 0.3) is 0 Å². The summed E-state index contributed by atoms with van der Waals surface area (Å²) in [6.45, 7) is 0. The summed E-state index contributed by atoms with van der Waals surface area (Å²) >= 11 is 5.80. The molecule has 2 rings (SSSR count). The fourth-order valence-electron chi connectivity index (χ4n) is 1.48. The van der Waals surface area contributed by atoms with E-state index in [1.807, 2.05) is 0 Å². The minimum Gasteiger partial charge on any atom is -0.398 e. The molecular formula is C9H8ClNO. The Labute approximate surface area is 75.3 Å². The summed E-state index contributed by atoms with van der Waals surface area (Å²) in [6, 6.07) is 3.46. The molecule has 1 aliphatic rings. The zero-order valence-electron chi connectivity index (χ0n) is 6.43. The Balaban J connectivity index is 2.63. The Kier molecular flexibility index (Phi) is 1.58. The van der Waals surface area contributed by atoms with Crippen LogP contribution in [0.4, 0.5) is 5.69 Å². The van der Waals surface area contributed by atoms with Crippen molar-refractivity contribution in [2.24, 2.45) is 0 Å². The van der Waals surface area contributed by atoms with Crippen LogP contribution in [0.5, 0.6) is 0 Å². The zero-order chi connectivity index (χ0) is 8.72. The summed E-state index contributed by atoms with van der Waals surface area (Å²) in [5, 5.41) is 0.545. The summed E-state index contributed by atoms with van der Waals surface area (Å²) in [4.78, 5) is 11.2. The van der Waals surface area contributed by atoms with Crippen LogP contribution in [0.2, 0.25) is 5.02 Å². The number of carbonyl (C=O) groups is 1. The van der Waals surface area contributed by atoms with Crippen LogP contribution in [-0.2, 0) is 6.42 Å². The zero-order valence-corrected chi connectivity index (χ0v) is 7.19. The van der Waals surface area contributed by atoms with E-state index < -0.39 is 0 Å². The van der Waals surface area contributed by atoms with Crippen molar-refractivity contribution in [3.8, 4) is 0 Å². The number of rotatable bonds is 0. The highest BCUT2D eigenvalue weighted by molar-refractivity contribution is 6.33. The number of hydrogen-bond donors (Lipinski definition) is 1. The number of Topliss-reactive ketones (excluding diaryl/α,β-unsaturated/α-hetero) is 1. The third-order valence-electron chi connectivity index (χ3n) is 2.14. The Hall–Kier alpha value is -1.02. The van der Waals surface area contributed by atoms with Crippen LogP contribution >= 0.6 is 11.6 Å². The molecule has 1 aromatic carbocycles. The van der Waals surface area contributed by atoms with E-state index >= 15 is 0 Å². The Bertz CT molecular complexity index is 360. The number of aryl methyl sites for hydroxylation is 1. The van der Waals surface area contributed by atoms with Crippen molar-refractivity contribution in [3.05, 3.63) is 28.3 Å². The quantitative estimate of drug-likeness (QED) is 0.623. The molecule has 0 aromatic heterocycles. The van der Waals surface area contributed by atoms with Gasteiger partial charge in [-0.2, -0.15) is 0 Å². The number of anilines is 1. The highest BCUT2D eigenvalue weighted by atomic mass is 35.5. The predicted octanol–water partition coefficient (Wildman–Crippen LogP) is 2.05. The average Bonchev–Trinajstić information content (AvgIpc) is 2.35. The molecule has 0 radical (unpaired) electrons. The summed E-state index contributed by atoms with van der Waals surface area (Å²) in [5.41, 5.74) is 7.84. The second-order valence-electron chi connectivity index (χ2n) is 2.95. The van der Waals surface area contributed by atoms with Crippen molar-refractivity contribution < 1.29 is 4.79 Å². The van der Waals surface area contributed by atoms with E-state index in [0.717, 1.165) is 17.5 Å². The van der Waals surface area contributed by atoms with E-state index in [-0.39, 0.29) is 5.78 Å². The van der Waals surface area contributed by atoms with Gasteiger partial charge in [0.2, 0.25) is 0 Å². The first-order valence-electron chi connectivity index (χ1n) is 3.79. The van der Waals surface area contributed by atoms with Crippen LogP contribution in [0.25, 0.3) is 0 Å². The average molecular weight is 182 g/mol. The first-order chi connectivity index (χ1) is 5.68. The SMILES string of the molecule is Nc1cc2c(cc1Cl)CCC2=O. The van der Waals surface area contributed by atoms with Crippen LogP contribution in [0.1, 0.15) is 22.3 Å². The minimum atomic E-state index is 0.174. The lowest BCUT2D eigenvalue weighted by Crippen LogP contribution is -1.94. The molecule has 3 heteroatoms. The molecule has 1 aromatic rings. The lowest BCUT2D eigenvalue weighted by atomic mass is 10.1. The van der Waals surface area contributed by atoms with Crippen molar-refractivity contribution >= 4 is 23.1 Å². The lowest BCUT2D eigenvalue weighted by Gasteiger charge is -2.01. The van der Waals surface area contributed by atoms with E-state index in [4.69, 9.17) is 17.3 Å².